The second-order valence-electron chi connectivity index (χ2n) is 12.1. The summed E-state index contributed by atoms with van der Waals surface area (Å²) in [5.74, 6) is -1.72. The van der Waals surface area contributed by atoms with Gasteiger partial charge in [-0.15, -0.1) is 0 Å². The van der Waals surface area contributed by atoms with Crippen LogP contribution in [0.15, 0.2) is 42.5 Å². The van der Waals surface area contributed by atoms with E-state index in [1.54, 1.807) is 11.8 Å². The predicted octanol–water partition coefficient (Wildman–Crippen LogP) is 4.69. The number of aliphatic hydroxyl groups excluding tert-OH is 1. The van der Waals surface area contributed by atoms with Gasteiger partial charge in [0.15, 0.2) is 9.84 Å². The van der Waals surface area contributed by atoms with Gasteiger partial charge in [-0.05, 0) is 66.7 Å². The average molecular weight is 698 g/mol. The third-order valence-corrected chi connectivity index (χ3v) is 11.6. The summed E-state index contributed by atoms with van der Waals surface area (Å²) in [7, 11) is -3.85. The normalized spacial score (nSPS) is 16.9. The Balaban J connectivity index is 1.83. The molecule has 2 aromatic carbocycles. The number of benzene rings is 2. The number of ether oxygens (including phenoxy) is 1. The minimum absolute atomic E-state index is 0.00591. The number of amides is 2. The average Bonchev–Trinajstić information content (AvgIpc) is 3.52. The fourth-order valence-electron chi connectivity index (χ4n) is 5.65. The van der Waals surface area contributed by atoms with Crippen LogP contribution in [-0.2, 0) is 38.8 Å². The van der Waals surface area contributed by atoms with Crippen LogP contribution >= 0.6 is 11.8 Å². The van der Waals surface area contributed by atoms with Gasteiger partial charge in [-0.2, -0.15) is 11.8 Å². The molecule has 4 atom stereocenters. The Hall–Kier alpha value is -2.74. The zero-order valence-corrected chi connectivity index (χ0v) is 29.1. The van der Waals surface area contributed by atoms with Crippen LogP contribution in [0.1, 0.15) is 69.6 Å². The fourth-order valence-corrected chi connectivity index (χ4v) is 8.90. The van der Waals surface area contributed by atoms with Crippen LogP contribution in [0.3, 0.4) is 0 Å². The number of hydrogen-bond donors (Lipinski definition) is 4. The molecule has 2 amide bonds. The molecule has 0 aromatic heterocycles. The number of carbonyl (C=O) groups is 2. The predicted molar refractivity (Wildman–Crippen MR) is 182 cm³/mol. The maximum absolute atomic E-state index is 14.1. The van der Waals surface area contributed by atoms with Crippen molar-refractivity contribution in [1.82, 2.24) is 16.0 Å². The van der Waals surface area contributed by atoms with Gasteiger partial charge in [0.05, 0.1) is 23.1 Å². The first-order chi connectivity index (χ1) is 22.4. The minimum Gasteiger partial charge on any atom is -0.445 e. The zero-order valence-electron chi connectivity index (χ0n) is 27.5. The van der Waals surface area contributed by atoms with Gasteiger partial charge in [-0.25, -0.2) is 22.0 Å². The second-order valence-corrected chi connectivity index (χ2v) is 15.6. The highest BCUT2D eigenvalue weighted by molar-refractivity contribution is 7.99. The topological polar surface area (TPSA) is 134 Å². The molecule has 0 radical (unpaired) electrons. The Kier molecular flexibility index (Phi) is 15.9. The number of alkyl carbamates (subject to hydrolysis) is 1. The lowest BCUT2D eigenvalue weighted by molar-refractivity contribution is -0.124. The SMILES string of the molecule is CCCC(CCC)S(=O)(=O)CC(NC(=O)OC1CCSC1)C(=O)N[C@@H](Cc1cc(F)cc(F)c1)[C@H](O)CNCc1cccc(CC)c1. The van der Waals surface area contributed by atoms with E-state index in [0.29, 0.717) is 44.4 Å². The molecule has 1 aliphatic heterocycles. The van der Waals surface area contributed by atoms with Gasteiger partial charge in [0.1, 0.15) is 23.8 Å². The van der Waals surface area contributed by atoms with Gasteiger partial charge in [0.25, 0.3) is 0 Å². The van der Waals surface area contributed by atoms with Crippen molar-refractivity contribution in [3.8, 4) is 0 Å². The number of halogens is 2. The Morgan fingerprint density at radius 3 is 2.30 bits per heavy atom. The molecule has 0 spiro atoms. The summed E-state index contributed by atoms with van der Waals surface area (Å²) in [6.45, 7) is 6.24. The lowest BCUT2D eigenvalue weighted by Crippen LogP contribution is -2.57. The Morgan fingerprint density at radius 2 is 1.68 bits per heavy atom. The van der Waals surface area contributed by atoms with Crippen molar-refractivity contribution < 1.29 is 36.6 Å². The first-order valence-electron chi connectivity index (χ1n) is 16.4. The van der Waals surface area contributed by atoms with Crippen LogP contribution in [0.2, 0.25) is 0 Å². The molecule has 1 fully saturated rings. The fraction of sp³-hybridized carbons (Fsp3) is 0.588. The maximum atomic E-state index is 14.1. The van der Waals surface area contributed by atoms with Crippen molar-refractivity contribution in [1.29, 1.82) is 0 Å². The van der Waals surface area contributed by atoms with E-state index in [-0.39, 0.29) is 24.6 Å². The molecule has 0 bridgehead atoms. The van der Waals surface area contributed by atoms with Gasteiger partial charge in [0, 0.05) is 24.9 Å². The van der Waals surface area contributed by atoms with Crippen molar-refractivity contribution in [3.63, 3.8) is 0 Å². The summed E-state index contributed by atoms with van der Waals surface area (Å²) in [5.41, 5.74) is 2.33. The molecule has 13 heteroatoms. The van der Waals surface area contributed by atoms with E-state index in [1.165, 1.54) is 0 Å². The molecule has 2 unspecified atom stereocenters. The quantitative estimate of drug-likeness (QED) is 0.166. The van der Waals surface area contributed by atoms with Crippen LogP contribution in [0.25, 0.3) is 0 Å². The molecular formula is C34H49F2N3O6S2. The number of hydrogen-bond acceptors (Lipinski definition) is 8. The van der Waals surface area contributed by atoms with Crippen molar-refractivity contribution in [2.45, 2.75) is 102 Å². The molecule has 9 nitrogen and oxygen atoms in total. The molecule has 47 heavy (non-hydrogen) atoms. The van der Waals surface area contributed by atoms with Gasteiger partial charge < -0.3 is 25.8 Å². The van der Waals surface area contributed by atoms with Gasteiger partial charge in [0.2, 0.25) is 5.91 Å². The van der Waals surface area contributed by atoms with E-state index >= 15 is 0 Å². The lowest BCUT2D eigenvalue weighted by Gasteiger charge is -2.28. The molecule has 1 aliphatic rings. The van der Waals surface area contributed by atoms with E-state index in [4.69, 9.17) is 4.74 Å². The third kappa shape index (κ3) is 13.0. The summed E-state index contributed by atoms with van der Waals surface area (Å²) in [6, 6.07) is 8.26. The summed E-state index contributed by atoms with van der Waals surface area (Å²) in [5, 5.41) is 18.9. The number of sulfone groups is 1. The molecule has 0 aliphatic carbocycles. The molecular weight excluding hydrogens is 649 g/mol. The number of thioether (sulfide) groups is 1. The summed E-state index contributed by atoms with van der Waals surface area (Å²) in [6.07, 6.45) is 0.930. The summed E-state index contributed by atoms with van der Waals surface area (Å²) in [4.78, 5) is 26.7. The number of nitrogens with one attached hydrogen (secondary N) is 3. The standard InChI is InChI=1S/C34H49F2N3O6S2/c1-4-8-29(9-5-2)47(43,44)22-31(39-34(42)45-28-12-13-46-21-28)33(41)38-30(17-25-15-26(35)18-27(36)16-25)32(40)20-37-19-24-11-7-10-23(6-3)14-24/h7,10-11,14-16,18,28-32,37,40H,4-6,8-9,12-13,17,19-22H2,1-3H3,(H,38,41)(H,39,42)/t28?,30-,31?,32+/m0/s1. The van der Waals surface area contributed by atoms with Crippen molar-refractivity contribution in [2.75, 3.05) is 23.8 Å². The molecule has 3 rings (SSSR count). The van der Waals surface area contributed by atoms with Crippen molar-refractivity contribution in [2.24, 2.45) is 0 Å². The number of rotatable bonds is 19. The smallest absolute Gasteiger partial charge is 0.408 e. The first kappa shape index (κ1) is 38.7. The van der Waals surface area contributed by atoms with Crippen molar-refractivity contribution >= 4 is 33.6 Å². The highest BCUT2D eigenvalue weighted by Crippen LogP contribution is 2.21. The third-order valence-electron chi connectivity index (χ3n) is 8.15. The lowest BCUT2D eigenvalue weighted by atomic mass is 10.00. The van der Waals surface area contributed by atoms with Crippen molar-refractivity contribution in [3.05, 3.63) is 70.8 Å². The van der Waals surface area contributed by atoms with E-state index in [1.807, 2.05) is 45.0 Å². The Labute approximate surface area is 281 Å². The van der Waals surface area contributed by atoms with Crippen LogP contribution in [0, 0.1) is 11.6 Å². The number of aryl methyl sites for hydroxylation is 1. The van der Waals surface area contributed by atoms with Crippen LogP contribution in [0.4, 0.5) is 13.6 Å². The minimum atomic E-state index is -3.85. The molecule has 0 saturated carbocycles. The van der Waals surface area contributed by atoms with Gasteiger partial charge >= 0.3 is 6.09 Å². The largest absolute Gasteiger partial charge is 0.445 e. The first-order valence-corrected chi connectivity index (χ1v) is 19.3. The van der Waals surface area contributed by atoms with Crippen LogP contribution in [-0.4, -0.2) is 78.9 Å². The highest BCUT2D eigenvalue weighted by atomic mass is 32.2. The zero-order chi connectivity index (χ0) is 34.4. The van der Waals surface area contributed by atoms with E-state index in [0.717, 1.165) is 41.5 Å². The summed E-state index contributed by atoms with van der Waals surface area (Å²) < 4.78 is 60.7. The van der Waals surface area contributed by atoms with Gasteiger partial charge in [-0.1, -0.05) is 57.9 Å². The highest BCUT2D eigenvalue weighted by Gasteiger charge is 2.35. The Bertz CT molecular complexity index is 1380. The molecule has 262 valence electrons. The van der Waals surface area contributed by atoms with E-state index in [9.17, 15) is 31.9 Å². The van der Waals surface area contributed by atoms with Crippen LogP contribution < -0.4 is 16.0 Å². The number of aliphatic hydroxyl groups is 1. The monoisotopic (exact) mass is 697 g/mol. The maximum Gasteiger partial charge on any atom is 0.408 e. The van der Waals surface area contributed by atoms with Gasteiger partial charge in [-0.3, -0.25) is 4.79 Å². The molecule has 4 N–H and O–H groups in total. The molecule has 1 saturated heterocycles. The molecule has 1 heterocycles. The Morgan fingerprint density at radius 1 is 1.00 bits per heavy atom. The van der Waals surface area contributed by atoms with Crippen LogP contribution in [0.5, 0.6) is 0 Å². The summed E-state index contributed by atoms with van der Waals surface area (Å²) >= 11 is 1.63. The molecule has 2 aromatic rings. The second kappa shape index (κ2) is 19.3. The van der Waals surface area contributed by atoms with E-state index in [2.05, 4.69) is 16.0 Å². The van der Waals surface area contributed by atoms with E-state index < -0.39 is 62.7 Å². The number of carbonyl (C=O) groups excluding carboxylic acids is 2.